The van der Waals surface area contributed by atoms with Crippen LogP contribution in [0.1, 0.15) is 34.6 Å². The third-order valence-electron chi connectivity index (χ3n) is 2.07. The maximum absolute atomic E-state index is 12.3. The van der Waals surface area contributed by atoms with Gasteiger partial charge in [0, 0.05) is 0 Å². The van der Waals surface area contributed by atoms with Crippen LogP contribution in [-0.2, 0) is 23.1 Å². The monoisotopic (exact) mass is 266 g/mol. The van der Waals surface area contributed by atoms with Crippen LogP contribution in [0.3, 0.4) is 0 Å². The highest BCUT2D eigenvalue weighted by Gasteiger charge is 2.39. The zero-order valence-electron chi connectivity index (χ0n) is 11.3. The molecule has 0 aromatic rings. The molecule has 0 atom stereocenters. The Morgan fingerprint density at radius 3 is 1.88 bits per heavy atom. The number of rotatable bonds is 8. The molecule has 0 saturated carbocycles. The van der Waals surface area contributed by atoms with Gasteiger partial charge in [-0.15, -0.1) is 0 Å². The lowest BCUT2D eigenvalue weighted by atomic mass is 9.97. The summed E-state index contributed by atoms with van der Waals surface area (Å²) in [5.41, 5.74) is -0.879. The zero-order valence-corrected chi connectivity index (χ0v) is 12.2. The van der Waals surface area contributed by atoms with E-state index in [9.17, 15) is 9.36 Å². The Balaban J connectivity index is 4.73. The molecule has 6 heteroatoms. The quantitative estimate of drug-likeness (QED) is 0.499. The Bertz CT molecular complexity index is 278. The molecule has 0 rings (SSSR count). The van der Waals surface area contributed by atoms with Gasteiger partial charge >= 0.3 is 13.6 Å². The molecule has 0 heterocycles. The summed E-state index contributed by atoms with van der Waals surface area (Å²) in [7, 11) is -3.22. The van der Waals surface area contributed by atoms with Gasteiger partial charge < -0.3 is 13.8 Å². The first-order valence-corrected chi connectivity index (χ1v) is 7.59. The van der Waals surface area contributed by atoms with Crippen molar-refractivity contribution < 1.29 is 23.1 Å². The van der Waals surface area contributed by atoms with Gasteiger partial charge in [-0.3, -0.25) is 9.36 Å². The Morgan fingerprint density at radius 2 is 1.53 bits per heavy atom. The van der Waals surface area contributed by atoms with E-state index in [4.69, 9.17) is 13.8 Å². The third kappa shape index (κ3) is 5.66. The first-order chi connectivity index (χ1) is 7.81. The molecule has 0 amide bonds. The van der Waals surface area contributed by atoms with Crippen molar-refractivity contribution in [2.75, 3.05) is 26.0 Å². The van der Waals surface area contributed by atoms with E-state index < -0.39 is 13.0 Å². The molecule has 0 fully saturated rings. The van der Waals surface area contributed by atoms with Gasteiger partial charge in [-0.25, -0.2) is 0 Å². The Morgan fingerprint density at radius 1 is 1.06 bits per heavy atom. The molecule has 0 spiro atoms. The number of carbonyl (C=O) groups excluding carboxylic acids is 1. The first kappa shape index (κ1) is 16.6. The van der Waals surface area contributed by atoms with Crippen LogP contribution in [0.2, 0.25) is 0 Å². The van der Waals surface area contributed by atoms with E-state index in [1.807, 2.05) is 0 Å². The maximum Gasteiger partial charge on any atom is 0.331 e. The molecule has 0 unspecified atom stereocenters. The van der Waals surface area contributed by atoms with Crippen molar-refractivity contribution in [1.82, 2.24) is 0 Å². The van der Waals surface area contributed by atoms with Crippen LogP contribution in [0.5, 0.6) is 0 Å². The molecular formula is C11H23O5P. The first-order valence-electron chi connectivity index (χ1n) is 5.86. The van der Waals surface area contributed by atoms with Crippen LogP contribution < -0.4 is 0 Å². The second-order valence-corrected chi connectivity index (χ2v) is 6.26. The van der Waals surface area contributed by atoms with E-state index in [-0.39, 0.29) is 25.3 Å². The number of hydrogen-bond donors (Lipinski definition) is 0. The summed E-state index contributed by atoms with van der Waals surface area (Å²) < 4.78 is 27.5. The Hall–Kier alpha value is -0.380. The highest BCUT2D eigenvalue weighted by molar-refractivity contribution is 7.53. The van der Waals surface area contributed by atoms with Gasteiger partial charge in [0.1, 0.15) is 0 Å². The van der Waals surface area contributed by atoms with Crippen molar-refractivity contribution >= 4 is 13.6 Å². The summed E-state index contributed by atoms with van der Waals surface area (Å²) in [6, 6.07) is 0. The van der Waals surface area contributed by atoms with E-state index >= 15 is 0 Å². The van der Waals surface area contributed by atoms with Gasteiger partial charge in [0.05, 0.1) is 31.4 Å². The molecule has 0 saturated heterocycles. The van der Waals surface area contributed by atoms with Gasteiger partial charge in [-0.1, -0.05) is 0 Å². The standard InChI is InChI=1S/C11H23O5P/c1-6-14-10(12)11(4,5)9-17(13,15-7-2)16-8-3/h6-9H2,1-5H3. The van der Waals surface area contributed by atoms with Gasteiger partial charge in [0.2, 0.25) is 0 Å². The fourth-order valence-corrected chi connectivity index (χ4v) is 3.54. The topological polar surface area (TPSA) is 61.8 Å². The van der Waals surface area contributed by atoms with Crippen LogP contribution >= 0.6 is 7.60 Å². The van der Waals surface area contributed by atoms with E-state index in [1.54, 1.807) is 34.6 Å². The second kappa shape index (κ2) is 7.14. The summed E-state index contributed by atoms with van der Waals surface area (Å²) >= 11 is 0. The van der Waals surface area contributed by atoms with Gasteiger partial charge in [-0.05, 0) is 34.6 Å². The van der Waals surface area contributed by atoms with E-state index in [1.165, 1.54) is 0 Å². The van der Waals surface area contributed by atoms with Crippen LogP contribution in [0.25, 0.3) is 0 Å². The highest BCUT2D eigenvalue weighted by Crippen LogP contribution is 2.52. The molecule has 0 aromatic carbocycles. The molecular weight excluding hydrogens is 243 g/mol. The van der Waals surface area contributed by atoms with Crippen LogP contribution in [0.4, 0.5) is 0 Å². The average molecular weight is 266 g/mol. The second-order valence-electron chi connectivity index (χ2n) is 4.21. The summed E-state index contributed by atoms with van der Waals surface area (Å²) in [5, 5.41) is 0. The molecule has 0 aliphatic heterocycles. The normalized spacial score (nSPS) is 12.5. The summed E-state index contributed by atoms with van der Waals surface area (Å²) in [6.07, 6.45) is 0.0283. The fourth-order valence-electron chi connectivity index (χ4n) is 1.40. The largest absolute Gasteiger partial charge is 0.466 e. The van der Waals surface area contributed by atoms with E-state index in [0.29, 0.717) is 6.61 Å². The minimum atomic E-state index is -3.22. The fraction of sp³-hybridized carbons (Fsp3) is 0.909. The van der Waals surface area contributed by atoms with Crippen molar-refractivity contribution in [1.29, 1.82) is 0 Å². The lowest BCUT2D eigenvalue weighted by molar-refractivity contribution is -0.152. The van der Waals surface area contributed by atoms with Gasteiger partial charge in [-0.2, -0.15) is 0 Å². The van der Waals surface area contributed by atoms with Crippen LogP contribution in [0.15, 0.2) is 0 Å². The molecule has 0 radical (unpaired) electrons. The van der Waals surface area contributed by atoms with Gasteiger partial charge in [0.25, 0.3) is 0 Å². The lowest BCUT2D eigenvalue weighted by Crippen LogP contribution is -2.31. The SMILES string of the molecule is CCOC(=O)C(C)(C)CP(=O)(OCC)OCC. The molecule has 17 heavy (non-hydrogen) atoms. The molecule has 0 aliphatic carbocycles. The number of hydrogen-bond acceptors (Lipinski definition) is 5. The number of ether oxygens (including phenoxy) is 1. The maximum atomic E-state index is 12.3. The van der Waals surface area contributed by atoms with Crippen molar-refractivity contribution in [2.45, 2.75) is 34.6 Å². The molecule has 5 nitrogen and oxygen atoms in total. The Kier molecular flexibility index (Phi) is 6.98. The predicted molar refractivity (Wildman–Crippen MR) is 66.1 cm³/mol. The van der Waals surface area contributed by atoms with Crippen molar-refractivity contribution in [3.8, 4) is 0 Å². The predicted octanol–water partition coefficient (Wildman–Crippen LogP) is 2.84. The van der Waals surface area contributed by atoms with E-state index in [2.05, 4.69) is 0 Å². The van der Waals surface area contributed by atoms with Gasteiger partial charge in [0.15, 0.2) is 0 Å². The minimum Gasteiger partial charge on any atom is -0.466 e. The Labute approximate surface area is 103 Å². The molecule has 0 aromatic heterocycles. The highest BCUT2D eigenvalue weighted by atomic mass is 31.2. The summed E-state index contributed by atoms with van der Waals surface area (Å²) in [5.74, 6) is -0.389. The molecule has 0 N–H and O–H groups in total. The molecule has 102 valence electrons. The van der Waals surface area contributed by atoms with Crippen LogP contribution in [-0.4, -0.2) is 32.0 Å². The zero-order chi connectivity index (χ0) is 13.5. The van der Waals surface area contributed by atoms with E-state index in [0.717, 1.165) is 0 Å². The minimum absolute atomic E-state index is 0.0283. The van der Waals surface area contributed by atoms with Crippen molar-refractivity contribution in [3.63, 3.8) is 0 Å². The number of esters is 1. The average Bonchev–Trinajstić information content (AvgIpc) is 2.17. The molecule has 0 aliphatic rings. The van der Waals surface area contributed by atoms with Crippen molar-refractivity contribution in [2.24, 2.45) is 5.41 Å². The smallest absolute Gasteiger partial charge is 0.331 e. The summed E-state index contributed by atoms with van der Waals surface area (Å²) in [6.45, 7) is 9.44. The van der Waals surface area contributed by atoms with Crippen LogP contribution in [0, 0.1) is 5.41 Å². The summed E-state index contributed by atoms with van der Waals surface area (Å²) in [4.78, 5) is 11.7. The van der Waals surface area contributed by atoms with Crippen molar-refractivity contribution in [3.05, 3.63) is 0 Å². The third-order valence-corrected chi connectivity index (χ3v) is 4.55. The number of carbonyl (C=O) groups is 1. The molecule has 0 bridgehead atoms. The lowest BCUT2D eigenvalue weighted by Gasteiger charge is -2.26.